The van der Waals surface area contributed by atoms with E-state index in [0.29, 0.717) is 18.9 Å². The van der Waals surface area contributed by atoms with Crippen LogP contribution in [0.3, 0.4) is 0 Å². The molecule has 0 saturated heterocycles. The van der Waals surface area contributed by atoms with Crippen LogP contribution in [0.4, 0.5) is 0 Å². The highest BCUT2D eigenvalue weighted by molar-refractivity contribution is 6.12. The Morgan fingerprint density at radius 2 is 1.48 bits per heavy atom. The van der Waals surface area contributed by atoms with Crippen LogP contribution in [0.25, 0.3) is 0 Å². The van der Waals surface area contributed by atoms with Crippen LogP contribution >= 0.6 is 0 Å². The van der Waals surface area contributed by atoms with Gasteiger partial charge in [-0.3, -0.25) is 4.99 Å². The van der Waals surface area contributed by atoms with E-state index >= 15 is 0 Å². The summed E-state index contributed by atoms with van der Waals surface area (Å²) < 4.78 is 6.99. The Balaban J connectivity index is 1.59. The highest BCUT2D eigenvalue weighted by Gasteiger charge is 2.10. The summed E-state index contributed by atoms with van der Waals surface area (Å²) >= 11 is 0. The van der Waals surface area contributed by atoms with E-state index in [4.69, 9.17) is 9.73 Å². The van der Waals surface area contributed by atoms with Crippen LogP contribution in [0.2, 0.25) is 0 Å². The molecule has 3 aromatic carbocycles. The first-order valence-corrected chi connectivity index (χ1v) is 9.37. The normalized spacial score (nSPS) is 10.5. The number of tetrazole rings is 1. The number of nitrogens with zero attached hydrogens (tertiary/aromatic N) is 5. The number of methoxy groups -OCH3 is 1. The van der Waals surface area contributed by atoms with Crippen LogP contribution in [-0.2, 0) is 13.1 Å². The first-order valence-electron chi connectivity index (χ1n) is 9.37. The van der Waals surface area contributed by atoms with Crippen LogP contribution in [0, 0.1) is 0 Å². The lowest BCUT2D eigenvalue weighted by molar-refractivity contribution is 0.414. The topological polar surface area (TPSA) is 65.2 Å². The largest absolute Gasteiger partial charge is 0.497 e. The van der Waals surface area contributed by atoms with E-state index in [1.165, 1.54) is 0 Å². The lowest BCUT2D eigenvalue weighted by atomic mass is 10.0. The Hall–Kier alpha value is -3.80. The van der Waals surface area contributed by atoms with Crippen LogP contribution < -0.4 is 4.74 Å². The SMILES string of the molecule is COc1ccc(Cn2nnnc2CN=C(c2ccccc2)c2ccccc2)cc1. The number of aliphatic imine (C=N–C) groups is 1. The van der Waals surface area contributed by atoms with Crippen molar-refractivity contribution in [1.29, 1.82) is 0 Å². The average Bonchev–Trinajstić information content (AvgIpc) is 3.23. The van der Waals surface area contributed by atoms with Crippen LogP contribution in [0.1, 0.15) is 22.5 Å². The first kappa shape index (κ1) is 18.6. The zero-order chi connectivity index (χ0) is 19.9. The molecule has 0 N–H and O–H groups in total. The van der Waals surface area contributed by atoms with E-state index in [2.05, 4.69) is 39.8 Å². The van der Waals surface area contributed by atoms with E-state index in [-0.39, 0.29) is 0 Å². The Labute approximate surface area is 169 Å². The van der Waals surface area contributed by atoms with Gasteiger partial charge >= 0.3 is 0 Å². The fraction of sp³-hybridized carbons (Fsp3) is 0.130. The number of benzene rings is 3. The second kappa shape index (κ2) is 8.93. The molecule has 29 heavy (non-hydrogen) atoms. The molecule has 0 atom stereocenters. The van der Waals surface area contributed by atoms with Crippen LogP contribution in [-0.4, -0.2) is 33.0 Å². The third kappa shape index (κ3) is 4.55. The number of hydrogen-bond acceptors (Lipinski definition) is 5. The molecule has 0 aliphatic heterocycles. The highest BCUT2D eigenvalue weighted by Crippen LogP contribution is 2.14. The van der Waals surface area contributed by atoms with Crippen molar-refractivity contribution >= 4 is 5.71 Å². The van der Waals surface area contributed by atoms with Crippen molar-refractivity contribution < 1.29 is 4.74 Å². The van der Waals surface area contributed by atoms with Crippen LogP contribution in [0.5, 0.6) is 5.75 Å². The molecule has 0 bridgehead atoms. The van der Waals surface area contributed by atoms with Gasteiger partial charge < -0.3 is 4.74 Å². The molecule has 4 aromatic rings. The molecular formula is C23H21N5O. The lowest BCUT2D eigenvalue weighted by Crippen LogP contribution is -2.09. The summed E-state index contributed by atoms with van der Waals surface area (Å²) in [5.74, 6) is 1.54. The zero-order valence-electron chi connectivity index (χ0n) is 16.1. The molecule has 0 amide bonds. The predicted octanol–water partition coefficient (Wildman–Crippen LogP) is 3.77. The van der Waals surface area contributed by atoms with Crippen molar-refractivity contribution in [1.82, 2.24) is 20.2 Å². The fourth-order valence-corrected chi connectivity index (χ4v) is 3.05. The number of hydrogen-bond donors (Lipinski definition) is 0. The van der Waals surface area contributed by atoms with Crippen molar-refractivity contribution in [2.45, 2.75) is 13.1 Å². The van der Waals surface area contributed by atoms with E-state index in [1.807, 2.05) is 60.7 Å². The number of ether oxygens (including phenoxy) is 1. The van der Waals surface area contributed by atoms with E-state index in [0.717, 1.165) is 28.2 Å². The molecule has 0 unspecified atom stereocenters. The fourth-order valence-electron chi connectivity index (χ4n) is 3.05. The molecule has 0 aliphatic rings. The van der Waals surface area contributed by atoms with Gasteiger partial charge in [-0.25, -0.2) is 4.68 Å². The molecule has 6 nitrogen and oxygen atoms in total. The quantitative estimate of drug-likeness (QED) is 0.456. The minimum atomic E-state index is 0.391. The molecule has 0 radical (unpaired) electrons. The highest BCUT2D eigenvalue weighted by atomic mass is 16.5. The van der Waals surface area contributed by atoms with E-state index in [1.54, 1.807) is 11.8 Å². The molecule has 4 rings (SSSR count). The number of aromatic nitrogens is 4. The summed E-state index contributed by atoms with van der Waals surface area (Å²) in [5, 5.41) is 12.2. The van der Waals surface area contributed by atoms with E-state index < -0.39 is 0 Å². The monoisotopic (exact) mass is 383 g/mol. The van der Waals surface area contributed by atoms with Gasteiger partial charge in [-0.15, -0.1) is 5.10 Å². The van der Waals surface area contributed by atoms with Gasteiger partial charge in [0.15, 0.2) is 5.82 Å². The van der Waals surface area contributed by atoms with Gasteiger partial charge in [-0.2, -0.15) is 0 Å². The molecule has 1 heterocycles. The molecule has 1 aromatic heterocycles. The first-order chi connectivity index (χ1) is 14.3. The van der Waals surface area contributed by atoms with Gasteiger partial charge in [-0.1, -0.05) is 72.8 Å². The standard InChI is InChI=1S/C23H21N5O/c1-29-21-14-12-18(13-15-21)17-28-22(25-26-27-28)16-24-23(19-8-4-2-5-9-19)20-10-6-3-7-11-20/h2-15H,16-17H2,1H3. The maximum absolute atomic E-state index is 5.21. The molecule has 0 saturated carbocycles. The van der Waals surface area contributed by atoms with Crippen molar-refractivity contribution in [3.05, 3.63) is 107 Å². The maximum Gasteiger partial charge on any atom is 0.173 e. The summed E-state index contributed by atoms with van der Waals surface area (Å²) in [6, 6.07) is 28.2. The molecular weight excluding hydrogens is 362 g/mol. The van der Waals surface area contributed by atoms with Gasteiger partial charge in [0, 0.05) is 11.1 Å². The molecule has 6 heteroatoms. The Morgan fingerprint density at radius 3 is 2.07 bits per heavy atom. The van der Waals surface area contributed by atoms with Gasteiger partial charge in [-0.05, 0) is 28.1 Å². The minimum Gasteiger partial charge on any atom is -0.497 e. The molecule has 144 valence electrons. The van der Waals surface area contributed by atoms with Crippen molar-refractivity contribution in [2.24, 2.45) is 4.99 Å². The third-order valence-corrected chi connectivity index (χ3v) is 4.57. The number of rotatable bonds is 7. The molecule has 0 spiro atoms. The van der Waals surface area contributed by atoms with E-state index in [9.17, 15) is 0 Å². The third-order valence-electron chi connectivity index (χ3n) is 4.57. The second-order valence-electron chi connectivity index (χ2n) is 6.50. The Morgan fingerprint density at radius 1 is 0.862 bits per heavy atom. The predicted molar refractivity (Wildman–Crippen MR) is 112 cm³/mol. The average molecular weight is 383 g/mol. The van der Waals surface area contributed by atoms with Crippen molar-refractivity contribution in [3.63, 3.8) is 0 Å². The van der Waals surface area contributed by atoms with Gasteiger partial charge in [0.1, 0.15) is 12.3 Å². The summed E-state index contributed by atoms with van der Waals surface area (Å²) in [4.78, 5) is 4.87. The van der Waals surface area contributed by atoms with Gasteiger partial charge in [0.05, 0.1) is 19.4 Å². The molecule has 0 fully saturated rings. The van der Waals surface area contributed by atoms with Gasteiger partial charge in [0.2, 0.25) is 0 Å². The van der Waals surface area contributed by atoms with Crippen molar-refractivity contribution in [3.8, 4) is 5.75 Å². The summed E-state index contributed by atoms with van der Waals surface area (Å²) in [7, 11) is 1.66. The van der Waals surface area contributed by atoms with Gasteiger partial charge in [0.25, 0.3) is 0 Å². The minimum absolute atomic E-state index is 0.391. The lowest BCUT2D eigenvalue weighted by Gasteiger charge is -2.08. The Bertz CT molecular complexity index is 1030. The van der Waals surface area contributed by atoms with Crippen LogP contribution in [0.15, 0.2) is 89.9 Å². The zero-order valence-corrected chi connectivity index (χ0v) is 16.1. The smallest absolute Gasteiger partial charge is 0.173 e. The second-order valence-corrected chi connectivity index (χ2v) is 6.50. The summed E-state index contributed by atoms with van der Waals surface area (Å²) in [6.07, 6.45) is 0. The summed E-state index contributed by atoms with van der Waals surface area (Å²) in [5.41, 5.74) is 4.14. The van der Waals surface area contributed by atoms with Crippen molar-refractivity contribution in [2.75, 3.05) is 7.11 Å². The maximum atomic E-state index is 5.21. The Kier molecular flexibility index (Phi) is 5.71. The molecule has 0 aliphatic carbocycles. The summed E-state index contributed by atoms with van der Waals surface area (Å²) in [6.45, 7) is 0.968.